The van der Waals surface area contributed by atoms with Gasteiger partial charge in [0.1, 0.15) is 5.82 Å². The SMILES string of the molecule is Cc1cc(N2CCC3CCCCC32)nc(NN)n1. The van der Waals surface area contributed by atoms with Crippen LogP contribution in [0.2, 0.25) is 0 Å². The van der Waals surface area contributed by atoms with Crippen LogP contribution in [0.5, 0.6) is 0 Å². The average Bonchev–Trinajstić information content (AvgIpc) is 2.81. The van der Waals surface area contributed by atoms with E-state index in [1.807, 2.05) is 6.92 Å². The first kappa shape index (κ1) is 11.7. The Morgan fingerprint density at radius 3 is 2.94 bits per heavy atom. The molecule has 0 radical (unpaired) electrons. The van der Waals surface area contributed by atoms with Gasteiger partial charge in [-0.05, 0) is 32.1 Å². The van der Waals surface area contributed by atoms with Crippen LogP contribution in [0.15, 0.2) is 6.07 Å². The molecule has 5 nitrogen and oxygen atoms in total. The first-order valence-electron chi connectivity index (χ1n) is 6.87. The minimum Gasteiger partial charge on any atom is -0.353 e. The van der Waals surface area contributed by atoms with Crippen molar-refractivity contribution in [2.45, 2.75) is 45.1 Å². The van der Waals surface area contributed by atoms with Crippen LogP contribution in [-0.2, 0) is 0 Å². The molecule has 5 heteroatoms. The average molecular weight is 247 g/mol. The van der Waals surface area contributed by atoms with E-state index in [1.165, 1.54) is 32.1 Å². The summed E-state index contributed by atoms with van der Waals surface area (Å²) in [4.78, 5) is 11.2. The first-order chi connectivity index (χ1) is 8.78. The fourth-order valence-electron chi connectivity index (χ4n) is 3.45. The molecule has 1 saturated carbocycles. The summed E-state index contributed by atoms with van der Waals surface area (Å²) in [5.74, 6) is 7.84. The number of hydrogen-bond donors (Lipinski definition) is 2. The predicted octanol–water partition coefficient (Wildman–Crippen LogP) is 1.84. The summed E-state index contributed by atoms with van der Waals surface area (Å²) in [5, 5.41) is 0. The molecule has 0 amide bonds. The second-order valence-electron chi connectivity index (χ2n) is 5.43. The molecule has 3 N–H and O–H groups in total. The molecule has 1 saturated heterocycles. The van der Waals surface area contributed by atoms with Crippen molar-refractivity contribution in [2.75, 3.05) is 16.9 Å². The van der Waals surface area contributed by atoms with Gasteiger partial charge in [0, 0.05) is 24.3 Å². The lowest BCUT2D eigenvalue weighted by Crippen LogP contribution is -2.35. The van der Waals surface area contributed by atoms with Crippen LogP contribution >= 0.6 is 0 Å². The van der Waals surface area contributed by atoms with Gasteiger partial charge in [0.05, 0.1) is 0 Å². The molecule has 1 aliphatic carbocycles. The van der Waals surface area contributed by atoms with Crippen LogP contribution in [0.1, 0.15) is 37.8 Å². The minimum absolute atomic E-state index is 0.518. The molecule has 1 aromatic heterocycles. The van der Waals surface area contributed by atoms with E-state index in [1.54, 1.807) is 0 Å². The van der Waals surface area contributed by atoms with E-state index in [4.69, 9.17) is 5.84 Å². The number of hydrogen-bond acceptors (Lipinski definition) is 5. The molecule has 98 valence electrons. The third-order valence-electron chi connectivity index (χ3n) is 4.27. The molecular formula is C13H21N5. The summed E-state index contributed by atoms with van der Waals surface area (Å²) in [6, 6.07) is 2.75. The standard InChI is InChI=1S/C13H21N5/c1-9-8-12(16-13(15-9)17-14)18-7-6-10-4-2-3-5-11(10)18/h8,10-11H,2-7,14H2,1H3,(H,15,16,17). The third kappa shape index (κ3) is 2.03. The molecule has 0 bridgehead atoms. The van der Waals surface area contributed by atoms with Crippen molar-refractivity contribution in [1.29, 1.82) is 0 Å². The quantitative estimate of drug-likeness (QED) is 0.616. The number of fused-ring (bicyclic) bond motifs is 1. The third-order valence-corrected chi connectivity index (χ3v) is 4.27. The minimum atomic E-state index is 0.518. The van der Waals surface area contributed by atoms with Crippen LogP contribution in [0, 0.1) is 12.8 Å². The van der Waals surface area contributed by atoms with E-state index in [-0.39, 0.29) is 0 Å². The number of nitrogens with zero attached hydrogens (tertiary/aromatic N) is 3. The summed E-state index contributed by atoms with van der Waals surface area (Å²) in [5.41, 5.74) is 3.52. The van der Waals surface area contributed by atoms with Crippen LogP contribution in [0.25, 0.3) is 0 Å². The Labute approximate surface area is 108 Å². The molecule has 2 atom stereocenters. The Kier molecular flexibility index (Phi) is 3.07. The predicted molar refractivity (Wildman–Crippen MR) is 72.3 cm³/mol. The molecule has 3 rings (SSSR count). The van der Waals surface area contributed by atoms with Gasteiger partial charge < -0.3 is 4.90 Å². The summed E-state index contributed by atoms with van der Waals surface area (Å²) >= 11 is 0. The number of nitrogens with two attached hydrogens (primary N) is 1. The Hall–Kier alpha value is -1.36. The van der Waals surface area contributed by atoms with Crippen LogP contribution in [0.3, 0.4) is 0 Å². The van der Waals surface area contributed by atoms with Crippen molar-refractivity contribution in [3.05, 3.63) is 11.8 Å². The first-order valence-corrected chi connectivity index (χ1v) is 6.87. The topological polar surface area (TPSA) is 67.1 Å². The zero-order valence-corrected chi connectivity index (χ0v) is 10.9. The Morgan fingerprint density at radius 2 is 2.11 bits per heavy atom. The highest BCUT2D eigenvalue weighted by atomic mass is 15.3. The fourth-order valence-corrected chi connectivity index (χ4v) is 3.45. The van der Waals surface area contributed by atoms with E-state index in [9.17, 15) is 0 Å². The van der Waals surface area contributed by atoms with Gasteiger partial charge in [-0.25, -0.2) is 10.8 Å². The van der Waals surface area contributed by atoms with E-state index < -0.39 is 0 Å². The number of rotatable bonds is 2. The summed E-state index contributed by atoms with van der Waals surface area (Å²) in [7, 11) is 0. The molecule has 18 heavy (non-hydrogen) atoms. The maximum absolute atomic E-state index is 5.42. The second-order valence-corrected chi connectivity index (χ2v) is 5.43. The Bertz CT molecular complexity index is 433. The van der Waals surface area contributed by atoms with Gasteiger partial charge in [0.15, 0.2) is 0 Å². The number of nitrogens with one attached hydrogen (secondary N) is 1. The molecular weight excluding hydrogens is 226 g/mol. The molecule has 1 aliphatic heterocycles. The van der Waals surface area contributed by atoms with Gasteiger partial charge in [-0.1, -0.05) is 12.8 Å². The van der Waals surface area contributed by atoms with Crippen molar-refractivity contribution in [1.82, 2.24) is 9.97 Å². The van der Waals surface area contributed by atoms with Gasteiger partial charge in [-0.3, -0.25) is 5.43 Å². The Morgan fingerprint density at radius 1 is 1.28 bits per heavy atom. The lowest BCUT2D eigenvalue weighted by atomic mass is 9.85. The van der Waals surface area contributed by atoms with Gasteiger partial charge in [0.2, 0.25) is 5.95 Å². The van der Waals surface area contributed by atoms with Crippen LogP contribution in [-0.4, -0.2) is 22.6 Å². The van der Waals surface area contributed by atoms with Crippen molar-refractivity contribution in [3.63, 3.8) is 0 Å². The highest BCUT2D eigenvalue weighted by Gasteiger charge is 2.36. The van der Waals surface area contributed by atoms with E-state index >= 15 is 0 Å². The lowest BCUT2D eigenvalue weighted by Gasteiger charge is -2.32. The van der Waals surface area contributed by atoms with Crippen molar-refractivity contribution in [3.8, 4) is 0 Å². The highest BCUT2D eigenvalue weighted by molar-refractivity contribution is 5.46. The van der Waals surface area contributed by atoms with Crippen molar-refractivity contribution < 1.29 is 0 Å². The molecule has 1 aromatic rings. The van der Waals surface area contributed by atoms with Gasteiger partial charge >= 0.3 is 0 Å². The summed E-state index contributed by atoms with van der Waals surface area (Å²) in [6.07, 6.45) is 6.74. The maximum Gasteiger partial charge on any atom is 0.239 e. The number of hydrazine groups is 1. The molecule has 2 aliphatic rings. The molecule has 0 aromatic carbocycles. The normalized spacial score (nSPS) is 27.1. The molecule has 0 spiro atoms. The monoisotopic (exact) mass is 247 g/mol. The van der Waals surface area contributed by atoms with Gasteiger partial charge in [-0.15, -0.1) is 0 Å². The molecule has 2 unspecified atom stereocenters. The number of nitrogen functional groups attached to an aromatic ring is 1. The van der Waals surface area contributed by atoms with Gasteiger partial charge in [0.25, 0.3) is 0 Å². The number of anilines is 2. The molecule has 2 fully saturated rings. The fraction of sp³-hybridized carbons (Fsp3) is 0.692. The lowest BCUT2D eigenvalue weighted by molar-refractivity contribution is 0.341. The van der Waals surface area contributed by atoms with E-state index in [0.717, 1.165) is 24.0 Å². The second kappa shape index (κ2) is 4.72. The largest absolute Gasteiger partial charge is 0.353 e. The Balaban J connectivity index is 1.88. The number of aromatic nitrogens is 2. The van der Waals surface area contributed by atoms with E-state index in [0.29, 0.717) is 12.0 Å². The smallest absolute Gasteiger partial charge is 0.239 e. The summed E-state index contributed by atoms with van der Waals surface area (Å²) < 4.78 is 0. The van der Waals surface area contributed by atoms with Crippen LogP contribution in [0.4, 0.5) is 11.8 Å². The van der Waals surface area contributed by atoms with E-state index in [2.05, 4.69) is 26.4 Å². The van der Waals surface area contributed by atoms with Gasteiger partial charge in [-0.2, -0.15) is 4.98 Å². The molecule has 2 heterocycles. The maximum atomic E-state index is 5.42. The zero-order chi connectivity index (χ0) is 12.5. The van der Waals surface area contributed by atoms with Crippen molar-refractivity contribution >= 4 is 11.8 Å². The highest BCUT2D eigenvalue weighted by Crippen LogP contribution is 2.38. The van der Waals surface area contributed by atoms with Crippen LogP contribution < -0.4 is 16.2 Å². The van der Waals surface area contributed by atoms with Crippen molar-refractivity contribution in [2.24, 2.45) is 11.8 Å². The zero-order valence-electron chi connectivity index (χ0n) is 10.9. The summed E-state index contributed by atoms with van der Waals surface area (Å²) in [6.45, 7) is 3.11. The number of aryl methyl sites for hydroxylation is 1.